The second-order valence-corrected chi connectivity index (χ2v) is 5.80. The first-order valence-electron chi connectivity index (χ1n) is 7.78. The number of rotatable bonds is 5. The molecule has 122 valence electrons. The number of ether oxygens (including phenoxy) is 2. The lowest BCUT2D eigenvalue weighted by atomic mass is 9.95. The first kappa shape index (κ1) is 16.5. The minimum atomic E-state index is 0.699. The van der Waals surface area contributed by atoms with E-state index in [-0.39, 0.29) is 0 Å². The van der Waals surface area contributed by atoms with Gasteiger partial charge in [-0.2, -0.15) is 12.6 Å². The maximum absolute atomic E-state index is 5.25. The van der Waals surface area contributed by atoms with Crippen molar-refractivity contribution in [1.82, 2.24) is 0 Å². The predicted octanol–water partition coefficient (Wildman–Crippen LogP) is 5.47. The van der Waals surface area contributed by atoms with Gasteiger partial charge < -0.3 is 9.47 Å². The summed E-state index contributed by atoms with van der Waals surface area (Å²) in [5.74, 6) is 2.42. The topological polar surface area (TPSA) is 18.5 Å². The van der Waals surface area contributed by atoms with Crippen LogP contribution in [0, 0.1) is 0 Å². The lowest BCUT2D eigenvalue weighted by Crippen LogP contribution is -1.90. The van der Waals surface area contributed by atoms with Crippen molar-refractivity contribution in [2.45, 2.75) is 5.75 Å². The summed E-state index contributed by atoms with van der Waals surface area (Å²) in [4.78, 5) is 0. The summed E-state index contributed by atoms with van der Waals surface area (Å²) in [7, 11) is 3.36. The van der Waals surface area contributed by atoms with Gasteiger partial charge in [-0.15, -0.1) is 0 Å². The van der Waals surface area contributed by atoms with Gasteiger partial charge in [0.25, 0.3) is 0 Å². The average molecular weight is 336 g/mol. The van der Waals surface area contributed by atoms with Crippen molar-refractivity contribution in [3.63, 3.8) is 0 Å². The fourth-order valence-electron chi connectivity index (χ4n) is 2.72. The summed E-state index contributed by atoms with van der Waals surface area (Å²) in [6, 6.07) is 22.7. The van der Waals surface area contributed by atoms with Crippen molar-refractivity contribution in [1.29, 1.82) is 0 Å². The molecule has 0 saturated carbocycles. The van der Waals surface area contributed by atoms with Gasteiger partial charge in [0.1, 0.15) is 11.5 Å². The lowest BCUT2D eigenvalue weighted by molar-refractivity contribution is 0.415. The Kier molecular flexibility index (Phi) is 5.11. The van der Waals surface area contributed by atoms with Crippen LogP contribution in [0.3, 0.4) is 0 Å². The summed E-state index contributed by atoms with van der Waals surface area (Å²) >= 11 is 4.48. The smallest absolute Gasteiger partial charge is 0.118 e. The molecule has 0 heterocycles. The summed E-state index contributed by atoms with van der Waals surface area (Å²) in [6.07, 6.45) is 0. The van der Waals surface area contributed by atoms with Crippen LogP contribution < -0.4 is 9.47 Å². The van der Waals surface area contributed by atoms with E-state index in [0.29, 0.717) is 5.75 Å². The highest BCUT2D eigenvalue weighted by molar-refractivity contribution is 7.79. The number of hydrogen-bond acceptors (Lipinski definition) is 3. The van der Waals surface area contributed by atoms with Gasteiger partial charge in [0, 0.05) is 5.75 Å². The van der Waals surface area contributed by atoms with Crippen molar-refractivity contribution in [3.05, 3.63) is 72.3 Å². The van der Waals surface area contributed by atoms with Crippen LogP contribution in [-0.4, -0.2) is 14.2 Å². The van der Waals surface area contributed by atoms with Crippen LogP contribution in [0.15, 0.2) is 66.7 Å². The molecule has 3 heteroatoms. The van der Waals surface area contributed by atoms with Gasteiger partial charge in [-0.25, -0.2) is 0 Å². The number of hydrogen-bond donors (Lipinski definition) is 1. The highest BCUT2D eigenvalue weighted by atomic mass is 32.1. The van der Waals surface area contributed by atoms with Crippen LogP contribution in [0.25, 0.3) is 22.3 Å². The lowest BCUT2D eigenvalue weighted by Gasteiger charge is -2.12. The van der Waals surface area contributed by atoms with Crippen LogP contribution in [0.1, 0.15) is 5.56 Å². The van der Waals surface area contributed by atoms with Crippen LogP contribution in [0.5, 0.6) is 11.5 Å². The van der Waals surface area contributed by atoms with E-state index < -0.39 is 0 Å². The molecule has 0 bridgehead atoms. The van der Waals surface area contributed by atoms with E-state index in [0.717, 1.165) is 22.6 Å². The quantitative estimate of drug-likeness (QED) is 0.623. The van der Waals surface area contributed by atoms with E-state index in [2.05, 4.69) is 55.1 Å². The van der Waals surface area contributed by atoms with Gasteiger partial charge in [0.05, 0.1) is 14.2 Å². The Morgan fingerprint density at radius 3 is 1.67 bits per heavy atom. The molecule has 3 aromatic carbocycles. The van der Waals surface area contributed by atoms with Crippen molar-refractivity contribution in [3.8, 4) is 33.8 Å². The van der Waals surface area contributed by atoms with Gasteiger partial charge in [0.15, 0.2) is 0 Å². The Morgan fingerprint density at radius 1 is 0.667 bits per heavy atom. The molecule has 3 aromatic rings. The van der Waals surface area contributed by atoms with Crippen LogP contribution >= 0.6 is 12.6 Å². The van der Waals surface area contributed by atoms with Gasteiger partial charge in [-0.3, -0.25) is 0 Å². The molecular formula is C21H20O2S. The molecular weight excluding hydrogens is 316 g/mol. The summed E-state index contributed by atoms with van der Waals surface area (Å²) in [5, 5.41) is 0. The maximum Gasteiger partial charge on any atom is 0.118 e. The standard InChI is InChI=1S/C21H20O2S/c1-22-19-9-5-15(6-10-19)17-3-4-18(14-24)21(13-17)16-7-11-20(23-2)12-8-16/h3-13,24H,14H2,1-2H3. The normalized spacial score (nSPS) is 10.5. The average Bonchev–Trinajstić information content (AvgIpc) is 2.67. The van der Waals surface area contributed by atoms with E-state index in [1.165, 1.54) is 16.7 Å². The highest BCUT2D eigenvalue weighted by Gasteiger charge is 2.08. The maximum atomic E-state index is 5.25. The van der Waals surface area contributed by atoms with Crippen molar-refractivity contribution in [2.24, 2.45) is 0 Å². The molecule has 0 radical (unpaired) electrons. The Labute approximate surface area is 148 Å². The van der Waals surface area contributed by atoms with Crippen molar-refractivity contribution >= 4 is 12.6 Å². The molecule has 2 nitrogen and oxygen atoms in total. The third-order valence-corrected chi connectivity index (χ3v) is 4.45. The molecule has 0 saturated heterocycles. The largest absolute Gasteiger partial charge is 0.497 e. The Morgan fingerprint density at radius 2 is 1.17 bits per heavy atom. The molecule has 0 amide bonds. The van der Waals surface area contributed by atoms with E-state index in [1.807, 2.05) is 24.3 Å². The van der Waals surface area contributed by atoms with Gasteiger partial charge in [0.2, 0.25) is 0 Å². The molecule has 0 atom stereocenters. The van der Waals surface area contributed by atoms with Gasteiger partial charge in [-0.05, 0) is 58.1 Å². The third kappa shape index (κ3) is 3.41. The fourth-order valence-corrected chi connectivity index (χ4v) is 2.99. The SMILES string of the molecule is COc1ccc(-c2ccc(CS)c(-c3ccc(OC)cc3)c2)cc1. The second-order valence-electron chi connectivity index (χ2n) is 5.49. The first-order valence-corrected chi connectivity index (χ1v) is 8.41. The van der Waals surface area contributed by atoms with E-state index in [4.69, 9.17) is 9.47 Å². The Balaban J connectivity index is 2.03. The Hall–Kier alpha value is -2.39. The van der Waals surface area contributed by atoms with Crippen LogP contribution in [-0.2, 0) is 5.75 Å². The number of thiol groups is 1. The van der Waals surface area contributed by atoms with E-state index >= 15 is 0 Å². The number of benzene rings is 3. The predicted molar refractivity (Wildman–Crippen MR) is 103 cm³/mol. The molecule has 3 rings (SSSR count). The molecule has 0 N–H and O–H groups in total. The molecule has 0 aliphatic rings. The third-order valence-electron chi connectivity index (χ3n) is 4.10. The zero-order chi connectivity index (χ0) is 16.9. The molecule has 0 aliphatic heterocycles. The second kappa shape index (κ2) is 7.45. The molecule has 0 aromatic heterocycles. The fraction of sp³-hybridized carbons (Fsp3) is 0.143. The molecule has 24 heavy (non-hydrogen) atoms. The zero-order valence-corrected chi connectivity index (χ0v) is 14.7. The molecule has 0 unspecified atom stereocenters. The highest BCUT2D eigenvalue weighted by Crippen LogP contribution is 2.32. The monoisotopic (exact) mass is 336 g/mol. The zero-order valence-electron chi connectivity index (χ0n) is 13.8. The van der Waals surface area contributed by atoms with Crippen molar-refractivity contribution in [2.75, 3.05) is 14.2 Å². The summed E-state index contributed by atoms with van der Waals surface area (Å²) < 4.78 is 10.5. The molecule has 0 aliphatic carbocycles. The van der Waals surface area contributed by atoms with Gasteiger partial charge in [-0.1, -0.05) is 36.4 Å². The van der Waals surface area contributed by atoms with Crippen molar-refractivity contribution < 1.29 is 9.47 Å². The molecule has 0 spiro atoms. The van der Waals surface area contributed by atoms with E-state index in [9.17, 15) is 0 Å². The summed E-state index contributed by atoms with van der Waals surface area (Å²) in [6.45, 7) is 0. The molecule has 0 fully saturated rings. The van der Waals surface area contributed by atoms with Crippen LogP contribution in [0.4, 0.5) is 0 Å². The van der Waals surface area contributed by atoms with Crippen LogP contribution in [0.2, 0.25) is 0 Å². The minimum absolute atomic E-state index is 0.699. The summed E-state index contributed by atoms with van der Waals surface area (Å²) in [5.41, 5.74) is 5.90. The van der Waals surface area contributed by atoms with Gasteiger partial charge >= 0.3 is 0 Å². The number of methoxy groups -OCH3 is 2. The van der Waals surface area contributed by atoms with E-state index in [1.54, 1.807) is 14.2 Å². The minimum Gasteiger partial charge on any atom is -0.497 e. The first-order chi connectivity index (χ1) is 11.7. The Bertz CT molecular complexity index is 808.